The maximum Gasteiger partial charge on any atom is 0.242 e. The minimum absolute atomic E-state index is 0.0308. The van der Waals surface area contributed by atoms with Gasteiger partial charge in [0.25, 0.3) is 0 Å². The summed E-state index contributed by atoms with van der Waals surface area (Å²) in [6, 6.07) is 7.68. The average Bonchev–Trinajstić information content (AvgIpc) is 2.46. The smallest absolute Gasteiger partial charge is 0.242 e. The lowest BCUT2D eigenvalue weighted by Gasteiger charge is -2.39. The monoisotopic (exact) mass is 294 g/mol. The van der Waals surface area contributed by atoms with Gasteiger partial charge in [0, 0.05) is 12.1 Å². The average molecular weight is 295 g/mol. The van der Waals surface area contributed by atoms with Crippen LogP contribution < -0.4 is 5.32 Å². The van der Waals surface area contributed by atoms with Gasteiger partial charge < -0.3 is 10.2 Å². The normalized spacial score (nSPS) is 24.2. The molecule has 0 bridgehead atoms. The number of hydrogen-bond acceptors (Lipinski definition) is 2. The van der Waals surface area contributed by atoms with Crippen LogP contribution in [0.3, 0.4) is 0 Å². The van der Waals surface area contributed by atoms with E-state index in [0.717, 1.165) is 31.4 Å². The van der Waals surface area contributed by atoms with Crippen molar-refractivity contribution in [1.29, 1.82) is 0 Å². The van der Waals surface area contributed by atoms with Crippen LogP contribution in [0.4, 0.5) is 0 Å². The Bertz CT molecular complexity index is 483. The van der Waals surface area contributed by atoms with Crippen molar-refractivity contribution >= 4 is 17.5 Å². The zero-order valence-electron chi connectivity index (χ0n) is 12.4. The summed E-state index contributed by atoms with van der Waals surface area (Å²) in [4.78, 5) is 14.6. The molecule has 0 radical (unpaired) electrons. The van der Waals surface area contributed by atoms with Gasteiger partial charge >= 0.3 is 0 Å². The van der Waals surface area contributed by atoms with Crippen molar-refractivity contribution in [3.8, 4) is 0 Å². The molecule has 2 atom stereocenters. The Morgan fingerprint density at radius 1 is 1.40 bits per heavy atom. The van der Waals surface area contributed by atoms with Crippen LogP contribution in [0.5, 0.6) is 0 Å². The van der Waals surface area contributed by atoms with Gasteiger partial charge in [-0.2, -0.15) is 0 Å². The van der Waals surface area contributed by atoms with Gasteiger partial charge in [-0.15, -0.1) is 0 Å². The Kier molecular flexibility index (Phi) is 4.71. The van der Waals surface area contributed by atoms with Crippen molar-refractivity contribution in [3.63, 3.8) is 0 Å². The Morgan fingerprint density at radius 3 is 2.70 bits per heavy atom. The Hall–Kier alpha value is -1.06. The highest BCUT2D eigenvalue weighted by molar-refractivity contribution is 6.31. The predicted octanol–water partition coefficient (Wildman–Crippen LogP) is 3.39. The van der Waals surface area contributed by atoms with Gasteiger partial charge in [0.1, 0.15) is 0 Å². The SMILES string of the molecule is CC(c1ccccc1Cl)N(C)C(=O)C1(C)CCCCN1. The molecule has 0 aromatic heterocycles. The van der Waals surface area contributed by atoms with Gasteiger partial charge in [-0.3, -0.25) is 4.79 Å². The summed E-state index contributed by atoms with van der Waals surface area (Å²) in [5.74, 6) is 0.143. The highest BCUT2D eigenvalue weighted by Gasteiger charge is 2.37. The third-order valence-electron chi connectivity index (χ3n) is 4.35. The van der Waals surface area contributed by atoms with Gasteiger partial charge in [-0.25, -0.2) is 0 Å². The number of nitrogens with one attached hydrogen (secondary N) is 1. The van der Waals surface area contributed by atoms with Crippen molar-refractivity contribution < 1.29 is 4.79 Å². The van der Waals surface area contributed by atoms with E-state index in [1.807, 2.05) is 45.2 Å². The molecule has 20 heavy (non-hydrogen) atoms. The minimum Gasteiger partial charge on any atom is -0.337 e. The Morgan fingerprint density at radius 2 is 2.10 bits per heavy atom. The zero-order valence-corrected chi connectivity index (χ0v) is 13.2. The maximum atomic E-state index is 12.8. The summed E-state index contributed by atoms with van der Waals surface area (Å²) in [6.45, 7) is 4.94. The lowest BCUT2D eigenvalue weighted by atomic mass is 9.89. The summed E-state index contributed by atoms with van der Waals surface area (Å²) in [7, 11) is 1.86. The number of nitrogens with zero attached hydrogens (tertiary/aromatic N) is 1. The zero-order chi connectivity index (χ0) is 14.8. The van der Waals surface area contributed by atoms with E-state index in [4.69, 9.17) is 11.6 Å². The van der Waals surface area contributed by atoms with Gasteiger partial charge in [-0.05, 0) is 51.3 Å². The van der Waals surface area contributed by atoms with E-state index in [-0.39, 0.29) is 11.9 Å². The molecular weight excluding hydrogens is 272 g/mol. The molecule has 4 heteroatoms. The minimum atomic E-state index is -0.442. The van der Waals surface area contributed by atoms with Crippen molar-refractivity contribution in [1.82, 2.24) is 10.2 Å². The molecule has 1 aromatic carbocycles. The van der Waals surface area contributed by atoms with Crippen LogP contribution >= 0.6 is 11.6 Å². The first kappa shape index (κ1) is 15.3. The van der Waals surface area contributed by atoms with Crippen molar-refractivity contribution in [3.05, 3.63) is 34.9 Å². The number of benzene rings is 1. The highest BCUT2D eigenvalue weighted by Crippen LogP contribution is 2.29. The van der Waals surface area contributed by atoms with Crippen LogP contribution in [0.1, 0.15) is 44.7 Å². The number of rotatable bonds is 3. The molecule has 1 fully saturated rings. The molecule has 110 valence electrons. The lowest BCUT2D eigenvalue weighted by Crippen LogP contribution is -2.57. The second-order valence-electron chi connectivity index (χ2n) is 5.83. The largest absolute Gasteiger partial charge is 0.337 e. The quantitative estimate of drug-likeness (QED) is 0.927. The molecular formula is C16H23ClN2O. The first-order valence-electron chi connectivity index (χ1n) is 7.22. The second kappa shape index (κ2) is 6.15. The number of carbonyl (C=O) groups is 1. The number of likely N-dealkylation sites (N-methyl/N-ethyl adjacent to an activating group) is 1. The fourth-order valence-electron chi connectivity index (χ4n) is 2.83. The topological polar surface area (TPSA) is 32.3 Å². The summed E-state index contributed by atoms with van der Waals surface area (Å²) in [6.07, 6.45) is 3.14. The van der Waals surface area contributed by atoms with Crippen LogP contribution in [0.25, 0.3) is 0 Å². The van der Waals surface area contributed by atoms with E-state index in [1.54, 1.807) is 4.90 Å². The van der Waals surface area contributed by atoms with Crippen molar-refractivity contribution in [2.24, 2.45) is 0 Å². The van der Waals surface area contributed by atoms with Gasteiger partial charge in [-0.1, -0.05) is 29.8 Å². The van der Waals surface area contributed by atoms with E-state index in [1.165, 1.54) is 0 Å². The lowest BCUT2D eigenvalue weighted by molar-refractivity contribution is -0.139. The summed E-state index contributed by atoms with van der Waals surface area (Å²) in [5, 5.41) is 4.08. The molecule has 1 aromatic rings. The highest BCUT2D eigenvalue weighted by atomic mass is 35.5. The second-order valence-corrected chi connectivity index (χ2v) is 6.24. The van der Waals surface area contributed by atoms with E-state index < -0.39 is 5.54 Å². The molecule has 2 rings (SSSR count). The number of halogens is 1. The molecule has 1 aliphatic heterocycles. The predicted molar refractivity (Wildman–Crippen MR) is 82.9 cm³/mol. The third-order valence-corrected chi connectivity index (χ3v) is 4.69. The Labute approximate surface area is 126 Å². The molecule has 3 nitrogen and oxygen atoms in total. The van der Waals surface area contributed by atoms with Crippen molar-refractivity contribution in [2.75, 3.05) is 13.6 Å². The third kappa shape index (κ3) is 2.99. The number of amides is 1. The molecule has 1 amide bonds. The van der Waals surface area contributed by atoms with E-state index in [9.17, 15) is 4.79 Å². The van der Waals surface area contributed by atoms with Gasteiger partial charge in [0.05, 0.1) is 11.6 Å². The summed E-state index contributed by atoms with van der Waals surface area (Å²) >= 11 is 6.23. The van der Waals surface area contributed by atoms with Gasteiger partial charge in [0.15, 0.2) is 0 Å². The maximum absolute atomic E-state index is 12.8. The molecule has 1 saturated heterocycles. The summed E-state index contributed by atoms with van der Waals surface area (Å²) in [5.41, 5.74) is 0.548. The number of piperidine rings is 1. The fraction of sp³-hybridized carbons (Fsp3) is 0.562. The number of carbonyl (C=O) groups excluding carboxylic acids is 1. The van der Waals surface area contributed by atoms with Crippen LogP contribution in [0, 0.1) is 0 Å². The molecule has 2 unspecified atom stereocenters. The Balaban J connectivity index is 2.16. The van der Waals surface area contributed by atoms with Crippen LogP contribution in [0.2, 0.25) is 5.02 Å². The first-order chi connectivity index (χ1) is 9.46. The molecule has 1 N–H and O–H groups in total. The van der Waals surface area contributed by atoms with Crippen LogP contribution in [-0.4, -0.2) is 29.9 Å². The van der Waals surface area contributed by atoms with E-state index in [2.05, 4.69) is 5.32 Å². The molecule has 0 spiro atoms. The molecule has 1 aliphatic rings. The van der Waals surface area contributed by atoms with Crippen molar-refractivity contribution in [2.45, 2.75) is 44.7 Å². The summed E-state index contributed by atoms with van der Waals surface area (Å²) < 4.78 is 0. The van der Waals surface area contributed by atoms with E-state index in [0.29, 0.717) is 5.02 Å². The standard InChI is InChI=1S/C16H23ClN2O/c1-12(13-8-4-5-9-14(13)17)19(3)15(20)16(2)10-6-7-11-18-16/h4-5,8-9,12,18H,6-7,10-11H2,1-3H3. The molecule has 0 aliphatic carbocycles. The fourth-order valence-corrected chi connectivity index (χ4v) is 3.12. The van der Waals surface area contributed by atoms with Gasteiger partial charge in [0.2, 0.25) is 5.91 Å². The van der Waals surface area contributed by atoms with Crippen LogP contribution in [0.15, 0.2) is 24.3 Å². The van der Waals surface area contributed by atoms with Crippen LogP contribution in [-0.2, 0) is 4.79 Å². The first-order valence-corrected chi connectivity index (χ1v) is 7.60. The number of hydrogen-bond donors (Lipinski definition) is 1. The van der Waals surface area contributed by atoms with E-state index >= 15 is 0 Å². The molecule has 1 heterocycles. The molecule has 0 saturated carbocycles.